The Kier molecular flexibility index (Phi) is 3.16. The smallest absolute Gasteiger partial charge is 0.293 e. The Morgan fingerprint density at radius 3 is 2.29 bits per heavy atom. The average molecular weight is 208 g/mol. The van der Waals surface area contributed by atoms with Crippen molar-refractivity contribution in [3.05, 3.63) is 33.8 Å². The lowest BCUT2D eigenvalue weighted by Crippen LogP contribution is -2.06. The Hall–Kier alpha value is -1.46. The molecular formula is C11H10ClNO. The molecule has 0 aliphatic heterocycles. The van der Waals surface area contributed by atoms with Gasteiger partial charge in [-0.1, -0.05) is 17.5 Å². The summed E-state index contributed by atoms with van der Waals surface area (Å²) < 4.78 is 0. The number of amides is 1. The van der Waals surface area contributed by atoms with E-state index in [2.05, 4.69) is 11.8 Å². The molecule has 1 aromatic carbocycles. The van der Waals surface area contributed by atoms with Crippen molar-refractivity contribution < 1.29 is 4.79 Å². The van der Waals surface area contributed by atoms with Crippen LogP contribution in [0.1, 0.15) is 16.7 Å². The predicted octanol–water partition coefficient (Wildman–Crippen LogP) is 1.79. The summed E-state index contributed by atoms with van der Waals surface area (Å²) in [6, 6.07) is 3.61. The van der Waals surface area contributed by atoms with E-state index in [0.717, 1.165) is 16.7 Å². The Bertz CT molecular complexity index is 417. The first-order valence-electron chi connectivity index (χ1n) is 4.09. The summed E-state index contributed by atoms with van der Waals surface area (Å²) in [7, 11) is 0. The number of primary amides is 1. The summed E-state index contributed by atoms with van der Waals surface area (Å²) >= 11 is 5.85. The molecule has 0 fully saturated rings. The highest BCUT2D eigenvalue weighted by Gasteiger charge is 2.01. The number of hydrogen-bond donors (Lipinski definition) is 1. The molecule has 0 atom stereocenters. The number of nitrogens with two attached hydrogens (primary N) is 1. The van der Waals surface area contributed by atoms with Gasteiger partial charge in [0.05, 0.1) is 0 Å². The van der Waals surface area contributed by atoms with Crippen LogP contribution < -0.4 is 5.73 Å². The van der Waals surface area contributed by atoms with Crippen molar-refractivity contribution in [1.82, 2.24) is 0 Å². The summed E-state index contributed by atoms with van der Waals surface area (Å²) in [5.74, 6) is 4.41. The molecule has 2 nitrogen and oxygen atoms in total. The molecule has 0 aromatic heterocycles. The minimum absolute atomic E-state index is 0.626. The third kappa shape index (κ3) is 2.51. The second-order valence-corrected chi connectivity index (χ2v) is 3.47. The van der Waals surface area contributed by atoms with E-state index in [-0.39, 0.29) is 0 Å². The van der Waals surface area contributed by atoms with E-state index in [9.17, 15) is 4.79 Å². The molecule has 0 saturated heterocycles. The quantitative estimate of drug-likeness (QED) is 0.648. The first-order valence-corrected chi connectivity index (χ1v) is 4.46. The van der Waals surface area contributed by atoms with Crippen LogP contribution in [-0.2, 0) is 4.79 Å². The van der Waals surface area contributed by atoms with Gasteiger partial charge in [0, 0.05) is 10.6 Å². The molecule has 1 rings (SSSR count). The minimum atomic E-state index is -0.626. The SMILES string of the molecule is Cc1cc(Cl)cc(C)c1C#CC(N)=O. The van der Waals surface area contributed by atoms with Gasteiger partial charge >= 0.3 is 0 Å². The maximum Gasteiger partial charge on any atom is 0.293 e. The van der Waals surface area contributed by atoms with Crippen LogP contribution >= 0.6 is 11.6 Å². The van der Waals surface area contributed by atoms with Gasteiger partial charge in [0.25, 0.3) is 5.91 Å². The summed E-state index contributed by atoms with van der Waals surface area (Å²) in [5, 5.41) is 0.671. The number of benzene rings is 1. The number of aryl methyl sites for hydroxylation is 2. The zero-order valence-electron chi connectivity index (χ0n) is 8.02. The summed E-state index contributed by atoms with van der Waals surface area (Å²) in [5.41, 5.74) is 7.64. The highest BCUT2D eigenvalue weighted by Crippen LogP contribution is 2.18. The Morgan fingerprint density at radius 1 is 1.36 bits per heavy atom. The molecule has 14 heavy (non-hydrogen) atoms. The van der Waals surface area contributed by atoms with Gasteiger partial charge in [-0.15, -0.1) is 0 Å². The first kappa shape index (κ1) is 10.6. The standard InChI is InChI=1S/C11H10ClNO/c1-7-5-9(12)6-8(2)10(7)3-4-11(13)14/h5-6H,1-2H3,(H2,13,14). The van der Waals surface area contributed by atoms with Crippen LogP contribution in [0.5, 0.6) is 0 Å². The Balaban J connectivity index is 3.24. The first-order chi connectivity index (χ1) is 6.50. The predicted molar refractivity (Wildman–Crippen MR) is 57.0 cm³/mol. The third-order valence-electron chi connectivity index (χ3n) is 1.81. The molecule has 1 amide bonds. The van der Waals surface area contributed by atoms with Crippen molar-refractivity contribution in [3.63, 3.8) is 0 Å². The zero-order valence-corrected chi connectivity index (χ0v) is 8.77. The molecule has 0 aliphatic rings. The van der Waals surface area contributed by atoms with E-state index in [1.807, 2.05) is 13.8 Å². The lowest BCUT2D eigenvalue weighted by molar-refractivity contribution is -0.112. The van der Waals surface area contributed by atoms with Gasteiger partial charge in [-0.05, 0) is 43.0 Å². The van der Waals surface area contributed by atoms with Gasteiger partial charge in [-0.3, -0.25) is 4.79 Å². The number of carbonyl (C=O) groups is 1. The highest BCUT2D eigenvalue weighted by atomic mass is 35.5. The molecule has 72 valence electrons. The average Bonchev–Trinajstić information content (AvgIpc) is 2.01. The largest absolute Gasteiger partial charge is 0.359 e. The third-order valence-corrected chi connectivity index (χ3v) is 2.03. The van der Waals surface area contributed by atoms with Gasteiger partial charge in [0.15, 0.2) is 0 Å². The van der Waals surface area contributed by atoms with Gasteiger partial charge in [0.2, 0.25) is 0 Å². The molecule has 0 unspecified atom stereocenters. The fourth-order valence-electron chi connectivity index (χ4n) is 1.23. The lowest BCUT2D eigenvalue weighted by Gasteiger charge is -2.03. The van der Waals surface area contributed by atoms with Crippen molar-refractivity contribution in [3.8, 4) is 11.8 Å². The van der Waals surface area contributed by atoms with E-state index in [0.29, 0.717) is 5.02 Å². The highest BCUT2D eigenvalue weighted by molar-refractivity contribution is 6.30. The van der Waals surface area contributed by atoms with Crippen molar-refractivity contribution >= 4 is 17.5 Å². The van der Waals surface area contributed by atoms with Gasteiger partial charge in [-0.2, -0.15) is 0 Å². The normalized spacial score (nSPS) is 9.07. The summed E-state index contributed by atoms with van der Waals surface area (Å²) in [6.45, 7) is 3.79. The lowest BCUT2D eigenvalue weighted by atomic mass is 10.0. The van der Waals surface area contributed by atoms with E-state index in [4.69, 9.17) is 17.3 Å². The molecule has 0 heterocycles. The van der Waals surface area contributed by atoms with E-state index in [1.54, 1.807) is 12.1 Å². The number of carbonyl (C=O) groups excluding carboxylic acids is 1. The second-order valence-electron chi connectivity index (χ2n) is 3.03. The van der Waals surface area contributed by atoms with Crippen LogP contribution in [-0.4, -0.2) is 5.91 Å². The van der Waals surface area contributed by atoms with E-state index < -0.39 is 5.91 Å². The molecule has 0 spiro atoms. The van der Waals surface area contributed by atoms with Crippen molar-refractivity contribution in [2.75, 3.05) is 0 Å². The fourth-order valence-corrected chi connectivity index (χ4v) is 1.56. The van der Waals surface area contributed by atoms with Crippen LogP contribution in [0.15, 0.2) is 12.1 Å². The molecule has 3 heteroatoms. The zero-order chi connectivity index (χ0) is 10.7. The summed E-state index contributed by atoms with van der Waals surface area (Å²) in [4.78, 5) is 10.5. The van der Waals surface area contributed by atoms with E-state index >= 15 is 0 Å². The van der Waals surface area contributed by atoms with Crippen molar-refractivity contribution in [2.24, 2.45) is 5.73 Å². The van der Waals surface area contributed by atoms with Crippen molar-refractivity contribution in [1.29, 1.82) is 0 Å². The molecule has 0 bridgehead atoms. The monoisotopic (exact) mass is 207 g/mol. The molecular weight excluding hydrogens is 198 g/mol. The molecule has 0 aliphatic carbocycles. The van der Waals surface area contributed by atoms with Crippen LogP contribution in [0.4, 0.5) is 0 Å². The number of hydrogen-bond acceptors (Lipinski definition) is 1. The second kappa shape index (κ2) is 4.17. The van der Waals surface area contributed by atoms with Crippen LogP contribution in [0.2, 0.25) is 5.02 Å². The Labute approximate surface area is 88.1 Å². The molecule has 0 saturated carbocycles. The van der Waals surface area contributed by atoms with Gasteiger partial charge in [-0.25, -0.2) is 0 Å². The van der Waals surface area contributed by atoms with Crippen molar-refractivity contribution in [2.45, 2.75) is 13.8 Å². The summed E-state index contributed by atoms with van der Waals surface area (Å²) in [6.07, 6.45) is 0. The van der Waals surface area contributed by atoms with Gasteiger partial charge in [0.1, 0.15) is 0 Å². The van der Waals surface area contributed by atoms with Gasteiger partial charge < -0.3 is 5.73 Å². The van der Waals surface area contributed by atoms with Crippen LogP contribution in [0.25, 0.3) is 0 Å². The topological polar surface area (TPSA) is 43.1 Å². The number of rotatable bonds is 0. The molecule has 2 N–H and O–H groups in total. The number of halogens is 1. The minimum Gasteiger partial charge on any atom is -0.359 e. The molecule has 1 aromatic rings. The van der Waals surface area contributed by atoms with E-state index in [1.165, 1.54) is 0 Å². The Morgan fingerprint density at radius 2 is 1.86 bits per heavy atom. The van der Waals surface area contributed by atoms with Crippen LogP contribution in [0, 0.1) is 25.7 Å². The van der Waals surface area contributed by atoms with Crippen LogP contribution in [0.3, 0.4) is 0 Å². The molecule has 0 radical (unpaired) electrons. The fraction of sp³-hybridized carbons (Fsp3) is 0.182. The maximum absolute atomic E-state index is 10.5. The maximum atomic E-state index is 10.5.